The van der Waals surface area contributed by atoms with Crippen molar-refractivity contribution in [2.45, 2.75) is 6.54 Å². The SMILES string of the molecule is O=C1/C(=C\C=C\c2ccccc2[N+](=O)[O-])c2ccccc2C(=O)N1Cc1ccccn1. The Labute approximate surface area is 178 Å². The van der Waals surface area contributed by atoms with E-state index in [-0.39, 0.29) is 18.1 Å². The van der Waals surface area contributed by atoms with Crippen LogP contribution in [0.25, 0.3) is 11.6 Å². The van der Waals surface area contributed by atoms with Crippen molar-refractivity contribution in [3.8, 4) is 0 Å². The predicted octanol–water partition coefficient (Wildman–Crippen LogP) is 4.27. The number of allylic oxidation sites excluding steroid dienone is 2. The van der Waals surface area contributed by atoms with Crippen molar-refractivity contribution >= 4 is 29.2 Å². The monoisotopic (exact) mass is 411 g/mol. The van der Waals surface area contributed by atoms with Crippen LogP contribution < -0.4 is 0 Å². The number of hydrogen-bond acceptors (Lipinski definition) is 5. The Morgan fingerprint density at radius 1 is 0.903 bits per heavy atom. The van der Waals surface area contributed by atoms with Crippen molar-refractivity contribution in [2.24, 2.45) is 0 Å². The van der Waals surface area contributed by atoms with E-state index in [1.165, 1.54) is 6.07 Å². The van der Waals surface area contributed by atoms with Gasteiger partial charge >= 0.3 is 0 Å². The molecule has 0 saturated carbocycles. The first-order chi connectivity index (χ1) is 15.1. The normalized spacial score (nSPS) is 14.8. The molecule has 7 nitrogen and oxygen atoms in total. The maximum atomic E-state index is 13.2. The van der Waals surface area contributed by atoms with Gasteiger partial charge in [0.25, 0.3) is 17.5 Å². The summed E-state index contributed by atoms with van der Waals surface area (Å²) in [4.78, 5) is 42.3. The number of nitrogens with zero attached hydrogens (tertiary/aromatic N) is 3. The van der Waals surface area contributed by atoms with Crippen molar-refractivity contribution < 1.29 is 14.5 Å². The van der Waals surface area contributed by atoms with Crippen molar-refractivity contribution in [1.82, 2.24) is 9.88 Å². The third-order valence-electron chi connectivity index (χ3n) is 4.89. The van der Waals surface area contributed by atoms with Crippen LogP contribution in [-0.2, 0) is 11.3 Å². The molecule has 3 aromatic rings. The number of carbonyl (C=O) groups excluding carboxylic acids is 2. The molecule has 2 amide bonds. The number of para-hydroxylation sites is 1. The molecular weight excluding hydrogens is 394 g/mol. The highest BCUT2D eigenvalue weighted by Crippen LogP contribution is 2.30. The summed E-state index contributed by atoms with van der Waals surface area (Å²) in [6.07, 6.45) is 6.34. The minimum absolute atomic E-state index is 0.0283. The van der Waals surface area contributed by atoms with Gasteiger partial charge in [-0.2, -0.15) is 0 Å². The molecule has 0 unspecified atom stereocenters. The highest BCUT2D eigenvalue weighted by Gasteiger charge is 2.34. The Balaban J connectivity index is 1.72. The van der Waals surface area contributed by atoms with Gasteiger partial charge < -0.3 is 0 Å². The summed E-state index contributed by atoms with van der Waals surface area (Å²) >= 11 is 0. The fraction of sp³-hybridized carbons (Fsp3) is 0.0417. The molecule has 7 heteroatoms. The highest BCUT2D eigenvalue weighted by molar-refractivity contribution is 6.31. The van der Waals surface area contributed by atoms with Gasteiger partial charge in [-0.3, -0.25) is 29.6 Å². The van der Waals surface area contributed by atoms with E-state index >= 15 is 0 Å². The van der Waals surface area contributed by atoms with Gasteiger partial charge in [0.05, 0.1) is 22.7 Å². The van der Waals surface area contributed by atoms with Gasteiger partial charge in [-0.05, 0) is 42.0 Å². The van der Waals surface area contributed by atoms with Crippen molar-refractivity contribution in [1.29, 1.82) is 0 Å². The van der Waals surface area contributed by atoms with E-state index in [4.69, 9.17) is 0 Å². The first kappa shape index (κ1) is 19.9. The van der Waals surface area contributed by atoms with E-state index in [2.05, 4.69) is 4.98 Å². The number of rotatable bonds is 5. The minimum Gasteiger partial charge on any atom is -0.269 e. The molecule has 2 aromatic carbocycles. The molecule has 0 radical (unpaired) electrons. The van der Waals surface area contributed by atoms with Crippen LogP contribution in [0.15, 0.2) is 85.1 Å². The summed E-state index contributed by atoms with van der Waals surface area (Å²) in [6.45, 7) is 0.0536. The largest absolute Gasteiger partial charge is 0.276 e. The third kappa shape index (κ3) is 4.02. The lowest BCUT2D eigenvalue weighted by Crippen LogP contribution is -2.41. The number of amides is 2. The number of pyridine rings is 1. The van der Waals surface area contributed by atoms with E-state index in [0.717, 1.165) is 4.90 Å². The molecule has 1 aliphatic heterocycles. The van der Waals surface area contributed by atoms with Gasteiger partial charge in [0.1, 0.15) is 0 Å². The minimum atomic E-state index is -0.457. The third-order valence-corrected chi connectivity index (χ3v) is 4.89. The number of carbonyl (C=O) groups is 2. The van der Waals surface area contributed by atoms with E-state index in [9.17, 15) is 19.7 Å². The standard InChI is InChI=1S/C24H17N3O4/c28-23-20-12-3-2-11-19(20)21(24(29)26(23)16-18-10-5-6-15-25-18)13-7-9-17-8-1-4-14-22(17)27(30)31/h1-15H,16H2/b9-7+,21-13-. The Bertz CT molecular complexity index is 1230. The first-order valence-electron chi connectivity index (χ1n) is 9.53. The molecule has 31 heavy (non-hydrogen) atoms. The molecule has 0 N–H and O–H groups in total. The lowest BCUT2D eigenvalue weighted by atomic mass is 9.93. The Hall–Kier alpha value is -4.39. The van der Waals surface area contributed by atoms with Crippen LogP contribution >= 0.6 is 0 Å². The van der Waals surface area contributed by atoms with Crippen LogP contribution in [0.3, 0.4) is 0 Å². The number of hydrogen-bond donors (Lipinski definition) is 0. The zero-order chi connectivity index (χ0) is 21.8. The molecule has 152 valence electrons. The van der Waals surface area contributed by atoms with Crippen LogP contribution in [0, 0.1) is 10.1 Å². The molecule has 4 rings (SSSR count). The van der Waals surface area contributed by atoms with Gasteiger partial charge in [-0.1, -0.05) is 42.5 Å². The topological polar surface area (TPSA) is 93.4 Å². The number of nitro benzene ring substituents is 1. The fourth-order valence-electron chi connectivity index (χ4n) is 3.40. The van der Waals surface area contributed by atoms with Gasteiger partial charge in [0.15, 0.2) is 0 Å². The number of nitro groups is 1. The van der Waals surface area contributed by atoms with Gasteiger partial charge in [0, 0.05) is 23.4 Å². The Kier molecular flexibility index (Phi) is 5.49. The van der Waals surface area contributed by atoms with Crippen molar-refractivity contribution in [2.75, 3.05) is 0 Å². The summed E-state index contributed by atoms with van der Waals surface area (Å²) in [5.41, 5.74) is 2.27. The van der Waals surface area contributed by atoms with E-state index in [1.807, 2.05) is 0 Å². The molecule has 0 atom stereocenters. The maximum Gasteiger partial charge on any atom is 0.276 e. The van der Waals surface area contributed by atoms with Crippen LogP contribution in [0.4, 0.5) is 5.69 Å². The number of imide groups is 1. The molecule has 1 aliphatic rings. The molecule has 0 fully saturated rings. The Morgan fingerprint density at radius 2 is 1.61 bits per heavy atom. The molecule has 0 saturated heterocycles. The average molecular weight is 411 g/mol. The summed E-state index contributed by atoms with van der Waals surface area (Å²) in [5.74, 6) is -0.826. The van der Waals surface area contributed by atoms with E-state index in [0.29, 0.717) is 28.0 Å². The maximum absolute atomic E-state index is 13.2. The van der Waals surface area contributed by atoms with Crippen LogP contribution in [0.2, 0.25) is 0 Å². The lowest BCUT2D eigenvalue weighted by Gasteiger charge is -2.28. The molecule has 0 bridgehead atoms. The fourth-order valence-corrected chi connectivity index (χ4v) is 3.40. The smallest absolute Gasteiger partial charge is 0.269 e. The number of aromatic nitrogens is 1. The van der Waals surface area contributed by atoms with Gasteiger partial charge in [-0.25, -0.2) is 0 Å². The number of fused-ring (bicyclic) bond motifs is 1. The lowest BCUT2D eigenvalue weighted by molar-refractivity contribution is -0.385. The zero-order valence-electron chi connectivity index (χ0n) is 16.3. The second-order valence-corrected chi connectivity index (χ2v) is 6.82. The van der Waals surface area contributed by atoms with E-state index in [1.54, 1.807) is 85.1 Å². The Morgan fingerprint density at radius 3 is 2.35 bits per heavy atom. The highest BCUT2D eigenvalue weighted by atomic mass is 16.6. The molecular formula is C24H17N3O4. The molecule has 1 aromatic heterocycles. The van der Waals surface area contributed by atoms with Crippen LogP contribution in [-0.4, -0.2) is 26.6 Å². The van der Waals surface area contributed by atoms with Crippen molar-refractivity contribution in [3.63, 3.8) is 0 Å². The molecule has 0 aliphatic carbocycles. The van der Waals surface area contributed by atoms with Crippen LogP contribution in [0.5, 0.6) is 0 Å². The van der Waals surface area contributed by atoms with Gasteiger partial charge in [0.2, 0.25) is 0 Å². The van der Waals surface area contributed by atoms with Crippen LogP contribution in [0.1, 0.15) is 27.2 Å². The summed E-state index contributed by atoms with van der Waals surface area (Å²) < 4.78 is 0. The average Bonchev–Trinajstić information content (AvgIpc) is 2.80. The van der Waals surface area contributed by atoms with Gasteiger partial charge in [-0.15, -0.1) is 0 Å². The second-order valence-electron chi connectivity index (χ2n) is 6.82. The molecule has 2 heterocycles. The summed E-state index contributed by atoms with van der Waals surface area (Å²) in [6, 6.07) is 18.5. The quantitative estimate of drug-likeness (QED) is 0.271. The predicted molar refractivity (Wildman–Crippen MR) is 116 cm³/mol. The van der Waals surface area contributed by atoms with E-state index < -0.39 is 10.8 Å². The number of benzene rings is 2. The zero-order valence-corrected chi connectivity index (χ0v) is 16.3. The summed E-state index contributed by atoms with van der Waals surface area (Å²) in [7, 11) is 0. The van der Waals surface area contributed by atoms with Crippen molar-refractivity contribution in [3.05, 3.63) is 118 Å². The molecule has 0 spiro atoms. The second kappa shape index (κ2) is 8.54. The summed E-state index contributed by atoms with van der Waals surface area (Å²) in [5, 5.41) is 11.2. The first-order valence-corrected chi connectivity index (χ1v) is 9.53.